The van der Waals surface area contributed by atoms with Gasteiger partial charge in [-0.05, 0) is 6.17 Å². The molecule has 0 unspecified atom stereocenters. The molecule has 79 valence electrons. The molecule has 0 fully saturated rings. The van der Waals surface area contributed by atoms with Crippen molar-refractivity contribution in [1.29, 1.82) is 0 Å². The van der Waals surface area contributed by atoms with E-state index in [2.05, 4.69) is 37.3 Å². The van der Waals surface area contributed by atoms with E-state index in [1.165, 1.54) is 24.1 Å². The maximum atomic E-state index is 5.79. The molecule has 1 radical (unpaired) electrons. The summed E-state index contributed by atoms with van der Waals surface area (Å²) in [5.74, 6) is 0. The van der Waals surface area contributed by atoms with Gasteiger partial charge in [0, 0.05) is 0 Å². The summed E-state index contributed by atoms with van der Waals surface area (Å²) in [7, 11) is -0.446. The Morgan fingerprint density at radius 3 is 2.36 bits per heavy atom. The van der Waals surface area contributed by atoms with Crippen LogP contribution < -0.4 is 10.9 Å². The average Bonchev–Trinajstić information content (AvgIpc) is 2.21. The molecule has 0 saturated carbocycles. The predicted molar refractivity (Wildman–Crippen MR) is 67.8 cm³/mol. The van der Waals surface area contributed by atoms with E-state index in [1.807, 2.05) is 0 Å². The third-order valence-corrected chi connectivity index (χ3v) is 4.86. The number of hydrogen-bond acceptors (Lipinski definition) is 1. The van der Waals surface area contributed by atoms with E-state index >= 15 is 0 Å². The van der Waals surface area contributed by atoms with Gasteiger partial charge in [0.2, 0.25) is 0 Å². The highest BCUT2D eigenvalue weighted by Gasteiger charge is 2.10. The lowest BCUT2D eigenvalue weighted by molar-refractivity contribution is 0.873. The molecule has 0 aliphatic heterocycles. The zero-order valence-electron chi connectivity index (χ0n) is 8.70. The molecule has 0 aliphatic carbocycles. The first kappa shape index (κ1) is 13.7. The summed E-state index contributed by atoms with van der Waals surface area (Å²) in [5, 5.41) is 1.49. The van der Waals surface area contributed by atoms with Gasteiger partial charge in [0.1, 0.15) is 8.80 Å². The number of halogens is 1. The fourth-order valence-corrected chi connectivity index (χ4v) is 3.60. The fourth-order valence-electron chi connectivity index (χ4n) is 1.43. The van der Waals surface area contributed by atoms with E-state index in [4.69, 9.17) is 5.73 Å². The smallest absolute Gasteiger partial charge is 0.101 e. The molecular weight excluding hydrogens is 210 g/mol. The fraction of sp³-hybridized carbons (Fsp3) is 0.455. The van der Waals surface area contributed by atoms with Crippen LogP contribution in [-0.4, -0.2) is 15.0 Å². The van der Waals surface area contributed by atoms with E-state index in [0.29, 0.717) is 0 Å². The van der Waals surface area contributed by atoms with Crippen molar-refractivity contribution < 1.29 is 0 Å². The van der Waals surface area contributed by atoms with Crippen LogP contribution in [0.25, 0.3) is 0 Å². The van der Waals surface area contributed by atoms with Crippen LogP contribution >= 0.6 is 12.4 Å². The topological polar surface area (TPSA) is 26.0 Å². The number of unbranched alkanes of at least 4 members (excludes halogenated alkanes) is 1. The molecule has 0 atom stereocenters. The number of benzene rings is 1. The molecule has 0 bridgehead atoms. The molecule has 0 spiro atoms. The van der Waals surface area contributed by atoms with E-state index in [1.54, 1.807) is 0 Å². The number of rotatable bonds is 5. The second-order valence-electron chi connectivity index (χ2n) is 3.28. The molecule has 1 nitrogen and oxygen atoms in total. The van der Waals surface area contributed by atoms with Crippen molar-refractivity contribution in [3.8, 4) is 0 Å². The lowest BCUT2D eigenvalue weighted by Gasteiger charge is -2.11. The van der Waals surface area contributed by atoms with Gasteiger partial charge in [-0.25, -0.2) is 0 Å². The van der Waals surface area contributed by atoms with Crippen molar-refractivity contribution in [2.75, 3.05) is 6.17 Å². The lowest BCUT2D eigenvalue weighted by atomic mass is 10.4. The van der Waals surface area contributed by atoms with Gasteiger partial charge in [0.15, 0.2) is 0 Å². The highest BCUT2D eigenvalue weighted by molar-refractivity contribution is 6.73. The lowest BCUT2D eigenvalue weighted by Crippen LogP contribution is -2.37. The van der Waals surface area contributed by atoms with Crippen molar-refractivity contribution in [2.45, 2.75) is 25.8 Å². The summed E-state index contributed by atoms with van der Waals surface area (Å²) in [6, 6.07) is 12.1. The monoisotopic (exact) mass is 228 g/mol. The van der Waals surface area contributed by atoms with Gasteiger partial charge in [-0.3, -0.25) is 0 Å². The van der Waals surface area contributed by atoms with Gasteiger partial charge in [0.05, 0.1) is 0 Å². The molecule has 1 aromatic rings. The number of nitrogens with two attached hydrogens (primary N) is 1. The van der Waals surface area contributed by atoms with Gasteiger partial charge >= 0.3 is 0 Å². The second kappa shape index (κ2) is 8.03. The molecule has 0 aliphatic rings. The molecule has 1 rings (SSSR count). The van der Waals surface area contributed by atoms with Crippen molar-refractivity contribution in [3.05, 3.63) is 30.3 Å². The van der Waals surface area contributed by atoms with E-state index in [0.717, 1.165) is 6.17 Å². The van der Waals surface area contributed by atoms with Crippen LogP contribution in [0.3, 0.4) is 0 Å². The van der Waals surface area contributed by atoms with Crippen LogP contribution in [0.4, 0.5) is 0 Å². The van der Waals surface area contributed by atoms with Crippen molar-refractivity contribution in [3.63, 3.8) is 0 Å². The minimum atomic E-state index is -0.446. The minimum Gasteiger partial charge on any atom is -0.333 e. The zero-order valence-corrected chi connectivity index (χ0v) is 10.5. The maximum Gasteiger partial charge on any atom is 0.101 e. The maximum absolute atomic E-state index is 5.79. The van der Waals surface area contributed by atoms with Crippen molar-refractivity contribution in [2.24, 2.45) is 5.73 Å². The molecule has 0 aromatic heterocycles. The second-order valence-corrected chi connectivity index (χ2v) is 5.97. The van der Waals surface area contributed by atoms with Crippen molar-refractivity contribution in [1.82, 2.24) is 0 Å². The van der Waals surface area contributed by atoms with Crippen LogP contribution in [0.1, 0.15) is 19.8 Å². The van der Waals surface area contributed by atoms with Crippen LogP contribution in [0.2, 0.25) is 6.04 Å². The highest BCUT2D eigenvalue weighted by atomic mass is 35.5. The molecule has 2 N–H and O–H groups in total. The Morgan fingerprint density at radius 2 is 1.86 bits per heavy atom. The molecule has 0 heterocycles. The van der Waals surface area contributed by atoms with E-state index in [-0.39, 0.29) is 12.4 Å². The summed E-state index contributed by atoms with van der Waals surface area (Å²) in [4.78, 5) is 0. The molecule has 14 heavy (non-hydrogen) atoms. The molecular formula is C11H19ClNSi. The minimum absolute atomic E-state index is 0. The molecule has 1 aromatic carbocycles. The van der Waals surface area contributed by atoms with Gasteiger partial charge in [0.25, 0.3) is 0 Å². The van der Waals surface area contributed by atoms with Crippen LogP contribution in [0.15, 0.2) is 30.3 Å². The Bertz CT molecular complexity index is 228. The average molecular weight is 229 g/mol. The van der Waals surface area contributed by atoms with Gasteiger partial charge < -0.3 is 5.73 Å². The zero-order chi connectivity index (χ0) is 9.52. The van der Waals surface area contributed by atoms with Crippen LogP contribution in [-0.2, 0) is 0 Å². The third-order valence-electron chi connectivity index (χ3n) is 2.26. The highest BCUT2D eigenvalue weighted by Crippen LogP contribution is 2.00. The van der Waals surface area contributed by atoms with E-state index < -0.39 is 8.80 Å². The molecule has 0 amide bonds. The summed E-state index contributed by atoms with van der Waals surface area (Å²) >= 11 is 0. The summed E-state index contributed by atoms with van der Waals surface area (Å²) < 4.78 is 0. The van der Waals surface area contributed by atoms with Crippen LogP contribution in [0.5, 0.6) is 0 Å². The normalized spacial score (nSPS) is 9.93. The Balaban J connectivity index is 0.00000169. The summed E-state index contributed by atoms with van der Waals surface area (Å²) in [5.41, 5.74) is 5.79. The first-order valence-corrected chi connectivity index (χ1v) is 6.90. The van der Waals surface area contributed by atoms with Gasteiger partial charge in [-0.2, -0.15) is 0 Å². The third kappa shape index (κ3) is 4.27. The first-order valence-electron chi connectivity index (χ1n) is 4.98. The largest absolute Gasteiger partial charge is 0.333 e. The van der Waals surface area contributed by atoms with E-state index in [9.17, 15) is 0 Å². The predicted octanol–water partition coefficient (Wildman–Crippen LogP) is 2.11. The Morgan fingerprint density at radius 1 is 1.21 bits per heavy atom. The Hall–Kier alpha value is -0.313. The molecule has 0 saturated heterocycles. The van der Waals surface area contributed by atoms with Crippen molar-refractivity contribution >= 4 is 26.4 Å². The van der Waals surface area contributed by atoms with Crippen LogP contribution in [0, 0.1) is 0 Å². The van der Waals surface area contributed by atoms with Gasteiger partial charge in [-0.15, -0.1) is 12.4 Å². The summed E-state index contributed by atoms with van der Waals surface area (Å²) in [6.45, 7) is 2.24. The van der Waals surface area contributed by atoms with Gasteiger partial charge in [-0.1, -0.05) is 61.3 Å². The molecule has 3 heteroatoms. The standard InChI is InChI=1S/C11H18NSi.ClH/c1-2-3-9-13(10-12)11-7-5-4-6-8-11;/h4-8H,2-3,9-10,12H2,1H3;1H. The summed E-state index contributed by atoms with van der Waals surface area (Å²) in [6.07, 6.45) is 3.47. The SMILES string of the molecule is CCCC[Si](CN)c1ccccc1.Cl. The Labute approximate surface area is 94.7 Å². The first-order chi connectivity index (χ1) is 6.38. The quantitative estimate of drug-likeness (QED) is 0.768. The number of hydrogen-bond donors (Lipinski definition) is 1. The Kier molecular flexibility index (Phi) is 7.85.